The number of carbonyl (C=O) groups excluding carboxylic acids is 4. The summed E-state index contributed by atoms with van der Waals surface area (Å²) in [5.74, 6) is -1.25. The quantitative estimate of drug-likeness (QED) is 0.271. The Morgan fingerprint density at radius 3 is 2.33 bits per heavy atom. The number of likely N-dealkylation sites (N-methyl/N-ethyl adjacent to an activating group) is 1. The topological polar surface area (TPSA) is 132 Å². The highest BCUT2D eigenvalue weighted by atomic mass is 19.1. The number of hydrogen-bond donors (Lipinski definition) is 1. The Labute approximate surface area is 280 Å². The van der Waals surface area contributed by atoms with Crippen LogP contribution in [0, 0.1) is 11.7 Å². The molecule has 1 unspecified atom stereocenters. The van der Waals surface area contributed by atoms with Crippen molar-refractivity contribution in [3.63, 3.8) is 0 Å². The molecule has 260 valence electrons. The maximum atomic E-state index is 14.7. The molecule has 12 nitrogen and oxygen atoms in total. The van der Waals surface area contributed by atoms with Gasteiger partial charge in [-0.2, -0.15) is 0 Å². The molecule has 0 aliphatic carbocycles. The predicted octanol–water partition coefficient (Wildman–Crippen LogP) is 5.40. The zero-order valence-corrected chi connectivity index (χ0v) is 29.1. The Morgan fingerprint density at radius 1 is 1.04 bits per heavy atom. The van der Waals surface area contributed by atoms with E-state index in [1.165, 1.54) is 63.5 Å². The summed E-state index contributed by atoms with van der Waals surface area (Å²) in [7, 11) is 6.16. The van der Waals surface area contributed by atoms with E-state index < -0.39 is 41.2 Å². The Kier molecular flexibility index (Phi) is 12.3. The minimum atomic E-state index is -1.27. The zero-order chi connectivity index (χ0) is 35.9. The molecule has 0 spiro atoms. The van der Waals surface area contributed by atoms with Gasteiger partial charge in [-0.05, 0) is 87.9 Å². The molecule has 1 aromatic carbocycles. The second kappa shape index (κ2) is 15.8. The Morgan fingerprint density at radius 2 is 1.73 bits per heavy atom. The van der Waals surface area contributed by atoms with Gasteiger partial charge >= 0.3 is 12.2 Å². The van der Waals surface area contributed by atoms with Crippen molar-refractivity contribution in [1.29, 1.82) is 0 Å². The lowest BCUT2D eigenvalue weighted by Crippen LogP contribution is -2.37. The molecule has 0 radical (unpaired) electrons. The summed E-state index contributed by atoms with van der Waals surface area (Å²) in [5.41, 5.74) is 0.00240. The number of amides is 3. The lowest BCUT2D eigenvalue weighted by molar-refractivity contribution is -0.125. The fourth-order valence-electron chi connectivity index (χ4n) is 4.87. The number of hydrogen-bond acceptors (Lipinski definition) is 7. The molecule has 13 heteroatoms. The Bertz CT molecular complexity index is 1750. The van der Waals surface area contributed by atoms with E-state index in [9.17, 15) is 28.4 Å². The van der Waals surface area contributed by atoms with Crippen LogP contribution in [0.2, 0.25) is 0 Å². The fourth-order valence-corrected chi connectivity index (χ4v) is 4.87. The van der Waals surface area contributed by atoms with Crippen LogP contribution >= 0.6 is 0 Å². The highest BCUT2D eigenvalue weighted by Gasteiger charge is 2.27. The van der Waals surface area contributed by atoms with E-state index in [2.05, 4.69) is 5.32 Å². The normalized spacial score (nSPS) is 12.3. The summed E-state index contributed by atoms with van der Waals surface area (Å²) in [4.78, 5) is 67.3. The number of fused-ring (bicyclic) bond motifs is 1. The van der Waals surface area contributed by atoms with Crippen LogP contribution in [0.5, 0.6) is 0 Å². The first-order valence-electron chi connectivity index (χ1n) is 15.7. The minimum Gasteiger partial charge on any atom is -0.443 e. The maximum absolute atomic E-state index is 14.7. The summed E-state index contributed by atoms with van der Waals surface area (Å²) in [6.45, 7) is 9.10. The van der Waals surface area contributed by atoms with Crippen molar-refractivity contribution in [2.45, 2.75) is 72.1 Å². The molecule has 0 bridgehead atoms. The van der Waals surface area contributed by atoms with Crippen molar-refractivity contribution < 1.29 is 33.0 Å². The first-order valence-corrected chi connectivity index (χ1v) is 15.7. The van der Waals surface area contributed by atoms with Crippen LogP contribution in [-0.4, -0.2) is 82.8 Å². The van der Waals surface area contributed by atoms with Gasteiger partial charge in [-0.15, -0.1) is 0 Å². The lowest BCUT2D eigenvalue weighted by atomic mass is 10.0. The van der Waals surface area contributed by atoms with Crippen LogP contribution in [0.25, 0.3) is 10.9 Å². The van der Waals surface area contributed by atoms with Crippen LogP contribution in [-0.2, 0) is 32.0 Å². The molecule has 3 rings (SSSR count). The van der Waals surface area contributed by atoms with Crippen molar-refractivity contribution >= 4 is 40.6 Å². The van der Waals surface area contributed by atoms with Gasteiger partial charge in [0.2, 0.25) is 5.91 Å². The van der Waals surface area contributed by atoms with Crippen LogP contribution in [0.15, 0.2) is 53.5 Å². The summed E-state index contributed by atoms with van der Waals surface area (Å²) >= 11 is 0. The lowest BCUT2D eigenvalue weighted by Gasteiger charge is -2.22. The summed E-state index contributed by atoms with van der Waals surface area (Å²) in [6.07, 6.45) is 2.53. The number of carbonyl (C=O) groups is 4. The molecule has 1 N–H and O–H groups in total. The number of halogens is 1. The average Bonchev–Trinajstić information content (AvgIpc) is 3.33. The van der Waals surface area contributed by atoms with E-state index in [-0.39, 0.29) is 36.9 Å². The first kappa shape index (κ1) is 37.5. The zero-order valence-electron chi connectivity index (χ0n) is 29.1. The fraction of sp³-hybridized carbons (Fsp3) is 0.457. The van der Waals surface area contributed by atoms with Gasteiger partial charge in [0.25, 0.3) is 11.5 Å². The van der Waals surface area contributed by atoms with Crippen molar-refractivity contribution in [3.8, 4) is 0 Å². The van der Waals surface area contributed by atoms with Crippen molar-refractivity contribution in [2.75, 3.05) is 33.5 Å². The van der Waals surface area contributed by atoms with E-state index >= 15 is 0 Å². The molecule has 0 aliphatic heterocycles. The number of anilines is 1. The highest BCUT2D eigenvalue weighted by Crippen LogP contribution is 2.29. The number of rotatable bonds is 11. The molecule has 0 aliphatic rings. The molecule has 2 aromatic heterocycles. The number of benzene rings is 1. The number of allylic oxidation sites excluding steroid dienone is 1. The van der Waals surface area contributed by atoms with Gasteiger partial charge in [0.15, 0.2) is 6.10 Å². The second-order valence-electron chi connectivity index (χ2n) is 13.4. The summed E-state index contributed by atoms with van der Waals surface area (Å²) in [5, 5.41) is 3.05. The van der Waals surface area contributed by atoms with Crippen LogP contribution in [0.4, 0.5) is 19.7 Å². The van der Waals surface area contributed by atoms with Gasteiger partial charge in [-0.25, -0.2) is 18.5 Å². The van der Waals surface area contributed by atoms with E-state index in [1.807, 2.05) is 13.8 Å². The van der Waals surface area contributed by atoms with Gasteiger partial charge in [-0.1, -0.05) is 19.9 Å². The number of pyridine rings is 1. The molecule has 0 saturated heterocycles. The van der Waals surface area contributed by atoms with Gasteiger partial charge < -0.3 is 29.2 Å². The Balaban J connectivity index is 1.98. The van der Waals surface area contributed by atoms with Crippen molar-refractivity contribution in [2.24, 2.45) is 5.92 Å². The average molecular weight is 668 g/mol. The molecule has 2 heterocycles. The van der Waals surface area contributed by atoms with Crippen molar-refractivity contribution in [3.05, 3.63) is 76.1 Å². The summed E-state index contributed by atoms with van der Waals surface area (Å²) < 4.78 is 28.5. The smallest absolute Gasteiger partial charge is 0.419 e. The van der Waals surface area contributed by atoms with Crippen LogP contribution in [0.3, 0.4) is 0 Å². The standard InChI is InChI=1S/C35H46FN5O7/c1-22(2)17-23-18-25(36)19-24-20-26(41(30(23)24)34(46)48-35(3,4)5)21-40-16-12-13-27(32(40)44)37-31(43)28(47-33(45)39(8)9)14-10-11-15-29(42)38(6)7/h11-13,15-16,18-20,22,28H,10,14,17,21H2,1-9H3,(H,37,43)/b15-11+. The molecule has 0 saturated carbocycles. The monoisotopic (exact) mass is 667 g/mol. The van der Waals surface area contributed by atoms with Gasteiger partial charge in [-0.3, -0.25) is 14.4 Å². The second-order valence-corrected chi connectivity index (χ2v) is 13.4. The molecule has 48 heavy (non-hydrogen) atoms. The third kappa shape index (κ3) is 10.0. The molecule has 3 aromatic rings. The van der Waals surface area contributed by atoms with Crippen LogP contribution < -0.4 is 10.9 Å². The molecule has 0 fully saturated rings. The number of ether oxygens (including phenoxy) is 2. The molecular formula is C35H46FN5O7. The largest absolute Gasteiger partial charge is 0.443 e. The first-order chi connectivity index (χ1) is 22.4. The molecule has 3 amide bonds. The molecule has 1 atom stereocenters. The number of aromatic nitrogens is 2. The van der Waals surface area contributed by atoms with E-state index in [0.29, 0.717) is 28.6 Å². The van der Waals surface area contributed by atoms with E-state index in [1.54, 1.807) is 53.1 Å². The van der Waals surface area contributed by atoms with Gasteiger partial charge in [0, 0.05) is 39.8 Å². The third-order valence-corrected chi connectivity index (χ3v) is 7.03. The van der Waals surface area contributed by atoms with Gasteiger partial charge in [0.1, 0.15) is 17.1 Å². The van der Waals surface area contributed by atoms with E-state index in [0.717, 1.165) is 0 Å². The summed E-state index contributed by atoms with van der Waals surface area (Å²) in [6, 6.07) is 7.36. The third-order valence-electron chi connectivity index (χ3n) is 7.03. The number of nitrogens with one attached hydrogen (secondary N) is 1. The van der Waals surface area contributed by atoms with Crippen molar-refractivity contribution in [1.82, 2.24) is 18.9 Å². The van der Waals surface area contributed by atoms with E-state index in [4.69, 9.17) is 9.47 Å². The van der Waals surface area contributed by atoms with Gasteiger partial charge in [0.05, 0.1) is 17.8 Å². The van der Waals surface area contributed by atoms with Crippen LogP contribution in [0.1, 0.15) is 58.7 Å². The predicted molar refractivity (Wildman–Crippen MR) is 182 cm³/mol. The maximum Gasteiger partial charge on any atom is 0.419 e. The highest BCUT2D eigenvalue weighted by molar-refractivity contribution is 5.95. The SMILES string of the molecule is CC(C)Cc1cc(F)cc2cc(Cn3cccc(NC(=O)C(CC/C=C/C(=O)N(C)C)OC(=O)N(C)C)c3=O)n(C(=O)OC(C)(C)C)c12. The number of nitrogens with zero attached hydrogens (tertiary/aromatic N) is 4. The Hall–Kier alpha value is -4.94. The molecular weight excluding hydrogens is 621 g/mol. The minimum absolute atomic E-state index is 0.0505.